The molecule has 0 radical (unpaired) electrons. The minimum Gasteiger partial charge on any atom is -0.371 e. The molecule has 0 spiro atoms. The summed E-state index contributed by atoms with van der Waals surface area (Å²) in [6.07, 6.45) is 0.0370. The van der Waals surface area contributed by atoms with E-state index in [1.54, 1.807) is 31.7 Å². The van der Waals surface area contributed by atoms with Crippen molar-refractivity contribution in [2.45, 2.75) is 73.5 Å². The maximum absolute atomic E-state index is 12.9. The molecule has 0 saturated carbocycles. The van der Waals surface area contributed by atoms with E-state index < -0.39 is 78.1 Å². The van der Waals surface area contributed by atoms with E-state index in [2.05, 4.69) is 26.0 Å². The Morgan fingerprint density at radius 3 is 1.84 bits per heavy atom. The van der Waals surface area contributed by atoms with Crippen molar-refractivity contribution in [3.8, 4) is 11.8 Å². The van der Waals surface area contributed by atoms with Crippen LogP contribution in [0.4, 0.5) is 28.6 Å². The number of carbonyl (C=O) groups is 2. The molecule has 1 aromatic heterocycles. The number of halogens is 2. The van der Waals surface area contributed by atoms with Gasteiger partial charge in [0.15, 0.2) is 5.82 Å². The van der Waals surface area contributed by atoms with Crippen molar-refractivity contribution in [1.29, 1.82) is 5.26 Å². The molecule has 64 heavy (non-hydrogen) atoms. The monoisotopic (exact) mass is 1010 g/mol. The third-order valence-electron chi connectivity index (χ3n) is 8.76. The first-order valence-electron chi connectivity index (χ1n) is 18.3. The Balaban J connectivity index is 1.73. The van der Waals surface area contributed by atoms with Crippen molar-refractivity contribution < 1.29 is 61.5 Å². The molecule has 0 aliphatic rings. The fourth-order valence-corrected chi connectivity index (χ4v) is 8.99. The number of rotatable bonds is 18. The lowest BCUT2D eigenvalue weighted by Crippen LogP contribution is -2.27. The van der Waals surface area contributed by atoms with Crippen LogP contribution in [0.2, 0.25) is 10.0 Å². The third-order valence-corrected chi connectivity index (χ3v) is 12.6. The van der Waals surface area contributed by atoms with Crippen molar-refractivity contribution in [1.82, 2.24) is 9.78 Å². The first-order valence-corrected chi connectivity index (χ1v) is 25.0. The van der Waals surface area contributed by atoms with E-state index in [-0.39, 0.29) is 88.6 Å². The molecule has 0 saturated heterocycles. The molecule has 0 aliphatic carbocycles. The van der Waals surface area contributed by atoms with Crippen molar-refractivity contribution in [2.75, 3.05) is 34.4 Å². The van der Waals surface area contributed by atoms with Crippen molar-refractivity contribution in [2.24, 2.45) is 10.2 Å². The van der Waals surface area contributed by atoms with Crippen LogP contribution in [0, 0.1) is 11.3 Å². The highest BCUT2D eigenvalue weighted by Crippen LogP contribution is 2.40. The fourth-order valence-electron chi connectivity index (χ4n) is 5.93. The Labute approximate surface area is 378 Å². The number of hydrogen-bond donors (Lipinski definition) is 6. The van der Waals surface area contributed by atoms with E-state index in [0.717, 1.165) is 28.9 Å². The van der Waals surface area contributed by atoms with Crippen LogP contribution in [0.15, 0.2) is 73.4 Å². The van der Waals surface area contributed by atoms with Crippen LogP contribution in [0.25, 0.3) is 5.69 Å². The number of hydrogen-bond acceptors (Lipinski definition) is 15. The van der Waals surface area contributed by atoms with E-state index in [9.17, 15) is 66.7 Å². The maximum Gasteiger partial charge on any atom is 0.294 e. The first kappa shape index (κ1) is 51.6. The smallest absolute Gasteiger partial charge is 0.294 e. The van der Waals surface area contributed by atoms with Crippen molar-refractivity contribution in [3.63, 3.8) is 0 Å². The summed E-state index contributed by atoms with van der Waals surface area (Å²) in [4.78, 5) is 24.6. The summed E-state index contributed by atoms with van der Waals surface area (Å²) >= 11 is 12.9. The molecule has 2 amide bonds. The molecular weight excluding hydrogens is 968 g/mol. The molecule has 6 N–H and O–H groups in total. The predicted octanol–water partition coefficient (Wildman–Crippen LogP) is 6.36. The van der Waals surface area contributed by atoms with Crippen LogP contribution in [0.3, 0.4) is 0 Å². The topological polar surface area (TPSA) is 345 Å². The lowest BCUT2D eigenvalue weighted by Gasteiger charge is -2.26. The summed E-state index contributed by atoms with van der Waals surface area (Å²) in [5, 5.41) is 27.8. The van der Waals surface area contributed by atoms with E-state index in [1.807, 2.05) is 6.07 Å². The molecule has 3 aromatic carbocycles. The number of carbonyl (C=O) groups excluding carboxylic acids is 2. The molecule has 4 aromatic rings. The van der Waals surface area contributed by atoms with Gasteiger partial charge in [-0.3, -0.25) is 27.8 Å². The molecule has 0 aliphatic heterocycles. The summed E-state index contributed by atoms with van der Waals surface area (Å²) in [5.74, 6) is -2.04. The van der Waals surface area contributed by atoms with Gasteiger partial charge in [0, 0.05) is 43.2 Å². The average Bonchev–Trinajstić information content (AvgIpc) is 3.51. The standard InChI is InChI=1S/C36H40Cl2N8O14S4/c1-21(47)40-31-16-23(45(11-5-6-13-61(49,50)51)12-7-8-32(48)41-22-14-24(62(52,53)54)17-25(15-22)63(55,56)57)9-10-30(31)42-43-35-27(20-39)34(36(2,3)4)44-46(35)33-28(37)18-26(19-29(33)38)64(58,59)60/h9-10,14-19H,5-8,11-13H2,1-4H3,(H,40,47)(H,41,48)(H,49,50,51)(H,52,53,54)(H,55,56,57)(H,58,59,60). The van der Waals surface area contributed by atoms with E-state index in [0.29, 0.717) is 11.8 Å². The van der Waals surface area contributed by atoms with E-state index >= 15 is 0 Å². The van der Waals surface area contributed by atoms with Crippen molar-refractivity contribution >= 4 is 104 Å². The second kappa shape index (κ2) is 20.0. The zero-order valence-corrected chi connectivity index (χ0v) is 38.8. The molecular formula is C36H40Cl2N8O14S4. The maximum atomic E-state index is 12.9. The normalized spacial score (nSPS) is 12.6. The van der Waals surface area contributed by atoms with Crippen LogP contribution in [0.1, 0.15) is 64.6 Å². The quantitative estimate of drug-likeness (QED) is 0.0359. The number of aromatic nitrogens is 2. The van der Waals surface area contributed by atoms with Gasteiger partial charge >= 0.3 is 0 Å². The number of benzene rings is 3. The SMILES string of the molecule is CC(=O)Nc1cc(N(CCCCS(=O)(=O)O)CCCC(=O)Nc2cc(S(=O)(=O)O)cc(S(=O)(=O)O)c2)ccc1N=Nc1c(C#N)c(C(C)(C)C)nn1-c1c(Cl)cc(S(=O)(=O)O)cc1Cl. The molecule has 0 atom stereocenters. The van der Waals surface area contributed by atoms with Gasteiger partial charge in [-0.05, 0) is 67.8 Å². The summed E-state index contributed by atoms with van der Waals surface area (Å²) < 4.78 is 132. The Kier molecular flexibility index (Phi) is 16.1. The molecule has 1 heterocycles. The van der Waals surface area contributed by atoms with Crippen LogP contribution >= 0.6 is 23.2 Å². The summed E-state index contributed by atoms with van der Waals surface area (Å²) in [6, 6.07) is 10.4. The highest BCUT2D eigenvalue weighted by molar-refractivity contribution is 7.87. The minimum atomic E-state index is -4.96. The Morgan fingerprint density at radius 2 is 1.34 bits per heavy atom. The van der Waals surface area contributed by atoms with Crippen LogP contribution < -0.4 is 15.5 Å². The van der Waals surface area contributed by atoms with Gasteiger partial charge in [-0.2, -0.15) is 44.0 Å². The zero-order valence-electron chi connectivity index (χ0n) is 34.0. The van der Waals surface area contributed by atoms with Gasteiger partial charge in [0.2, 0.25) is 11.8 Å². The van der Waals surface area contributed by atoms with Gasteiger partial charge in [0.1, 0.15) is 23.0 Å². The highest BCUT2D eigenvalue weighted by Gasteiger charge is 2.30. The molecule has 0 unspecified atom stereocenters. The lowest BCUT2D eigenvalue weighted by atomic mass is 9.90. The molecule has 22 nitrogen and oxygen atoms in total. The van der Waals surface area contributed by atoms with Gasteiger partial charge in [-0.15, -0.1) is 10.2 Å². The zero-order chi connectivity index (χ0) is 48.2. The third kappa shape index (κ3) is 14.0. The average molecular weight is 1010 g/mol. The predicted molar refractivity (Wildman–Crippen MR) is 234 cm³/mol. The largest absolute Gasteiger partial charge is 0.371 e. The second-order valence-electron chi connectivity index (χ2n) is 14.9. The van der Waals surface area contributed by atoms with Gasteiger partial charge in [0.25, 0.3) is 40.5 Å². The molecule has 4 rings (SSSR count). The summed E-state index contributed by atoms with van der Waals surface area (Å²) in [7, 11) is -18.9. The Morgan fingerprint density at radius 1 is 0.797 bits per heavy atom. The Hall–Kier alpha value is -5.08. The number of nitrogens with one attached hydrogen (secondary N) is 2. The van der Waals surface area contributed by atoms with Crippen molar-refractivity contribution in [3.05, 3.63) is 69.8 Å². The van der Waals surface area contributed by atoms with Crippen LogP contribution in [0.5, 0.6) is 0 Å². The molecule has 346 valence electrons. The number of unbranched alkanes of at least 4 members (excludes halogenated alkanes) is 1. The van der Waals surface area contributed by atoms with Gasteiger partial charge < -0.3 is 15.5 Å². The number of nitriles is 1. The number of anilines is 3. The van der Waals surface area contributed by atoms with Gasteiger partial charge in [-0.25, -0.2) is 4.68 Å². The molecule has 28 heteroatoms. The van der Waals surface area contributed by atoms with Crippen LogP contribution in [-0.4, -0.2) is 92.3 Å². The fraction of sp³-hybridized carbons (Fsp3) is 0.333. The summed E-state index contributed by atoms with van der Waals surface area (Å²) in [6.45, 7) is 6.71. The second-order valence-corrected chi connectivity index (χ2v) is 21.5. The summed E-state index contributed by atoms with van der Waals surface area (Å²) in [5.41, 5.74) is -0.578. The van der Waals surface area contributed by atoms with Gasteiger partial charge in [0.05, 0.1) is 41.9 Å². The Bertz CT molecular complexity index is 2950. The number of nitrogens with zero attached hydrogens (tertiary/aromatic N) is 6. The minimum absolute atomic E-state index is 0.0267. The molecule has 0 bridgehead atoms. The highest BCUT2D eigenvalue weighted by atomic mass is 35.5. The number of azo groups is 1. The van der Waals surface area contributed by atoms with E-state index in [1.165, 1.54) is 19.1 Å². The van der Waals surface area contributed by atoms with E-state index in [4.69, 9.17) is 23.2 Å². The lowest BCUT2D eigenvalue weighted by molar-refractivity contribution is -0.116. The molecule has 0 fully saturated rings. The first-order chi connectivity index (χ1) is 29.4. The van der Waals surface area contributed by atoms with Gasteiger partial charge in [-0.1, -0.05) is 44.0 Å². The van der Waals surface area contributed by atoms with Crippen LogP contribution in [-0.2, 0) is 55.5 Å². The number of amides is 2.